The SMILES string of the molecule is COc1c(C)cnc(CS(=O)C2CC=C(C(C)=O)S2)c1C. The molecule has 6 heteroatoms. The van der Waals surface area contributed by atoms with Crippen molar-refractivity contribution in [2.24, 2.45) is 0 Å². The van der Waals surface area contributed by atoms with Crippen LogP contribution >= 0.6 is 11.8 Å². The summed E-state index contributed by atoms with van der Waals surface area (Å²) in [6.45, 7) is 5.42. The third-order valence-electron chi connectivity index (χ3n) is 3.42. The number of rotatable bonds is 5. The molecule has 0 aliphatic carbocycles. The Morgan fingerprint density at radius 3 is 2.81 bits per heavy atom. The quantitative estimate of drug-likeness (QED) is 0.833. The van der Waals surface area contributed by atoms with Gasteiger partial charge in [-0.15, -0.1) is 11.8 Å². The van der Waals surface area contributed by atoms with Crippen LogP contribution < -0.4 is 4.74 Å². The molecule has 0 fully saturated rings. The van der Waals surface area contributed by atoms with Crippen LogP contribution in [0, 0.1) is 13.8 Å². The van der Waals surface area contributed by atoms with E-state index in [4.69, 9.17) is 4.74 Å². The number of thioether (sulfide) groups is 1. The van der Waals surface area contributed by atoms with Gasteiger partial charge < -0.3 is 4.74 Å². The van der Waals surface area contributed by atoms with Gasteiger partial charge in [-0.25, -0.2) is 0 Å². The van der Waals surface area contributed by atoms with E-state index in [9.17, 15) is 9.00 Å². The molecule has 1 aliphatic heterocycles. The standard InChI is InChI=1S/C15H19NO3S2/c1-9-7-16-12(10(2)15(9)19-4)8-21(18)14-6-5-13(20-14)11(3)17/h5,7,14H,6,8H2,1-4H3. The lowest BCUT2D eigenvalue weighted by Crippen LogP contribution is -2.12. The molecule has 0 saturated carbocycles. The highest BCUT2D eigenvalue weighted by molar-refractivity contribution is 8.14. The van der Waals surface area contributed by atoms with Crippen molar-refractivity contribution in [3.8, 4) is 5.75 Å². The van der Waals surface area contributed by atoms with E-state index in [2.05, 4.69) is 4.98 Å². The van der Waals surface area contributed by atoms with Crippen molar-refractivity contribution in [1.82, 2.24) is 4.98 Å². The summed E-state index contributed by atoms with van der Waals surface area (Å²) in [5.74, 6) is 1.24. The van der Waals surface area contributed by atoms with Gasteiger partial charge in [0.05, 0.1) is 23.1 Å². The van der Waals surface area contributed by atoms with E-state index in [1.54, 1.807) is 20.2 Å². The molecule has 1 aromatic heterocycles. The molecular formula is C15H19NO3S2. The van der Waals surface area contributed by atoms with Crippen molar-refractivity contribution >= 4 is 28.3 Å². The molecule has 2 heterocycles. The van der Waals surface area contributed by atoms with Crippen molar-refractivity contribution in [2.45, 2.75) is 37.5 Å². The van der Waals surface area contributed by atoms with Crippen molar-refractivity contribution in [2.75, 3.05) is 7.11 Å². The first-order valence-corrected chi connectivity index (χ1v) is 8.94. The van der Waals surface area contributed by atoms with Crippen molar-refractivity contribution in [3.63, 3.8) is 0 Å². The maximum Gasteiger partial charge on any atom is 0.165 e. The van der Waals surface area contributed by atoms with Gasteiger partial charge in [-0.3, -0.25) is 14.0 Å². The average Bonchev–Trinajstić information content (AvgIpc) is 2.92. The summed E-state index contributed by atoms with van der Waals surface area (Å²) in [6.07, 6.45) is 4.30. The zero-order chi connectivity index (χ0) is 15.6. The van der Waals surface area contributed by atoms with Gasteiger partial charge in [-0.2, -0.15) is 0 Å². The summed E-state index contributed by atoms with van der Waals surface area (Å²) >= 11 is 1.42. The van der Waals surface area contributed by atoms with Crippen molar-refractivity contribution < 1.29 is 13.7 Å². The molecule has 21 heavy (non-hydrogen) atoms. The lowest BCUT2D eigenvalue weighted by Gasteiger charge is -2.14. The van der Waals surface area contributed by atoms with Crippen LogP contribution in [0.1, 0.15) is 30.2 Å². The number of hydrogen-bond acceptors (Lipinski definition) is 5. The number of ketones is 1. The minimum absolute atomic E-state index is 0.0470. The molecule has 0 amide bonds. The van der Waals surface area contributed by atoms with Crippen molar-refractivity contribution in [3.05, 3.63) is 34.0 Å². The van der Waals surface area contributed by atoms with Crippen LogP contribution in [0.4, 0.5) is 0 Å². The highest BCUT2D eigenvalue weighted by Gasteiger charge is 2.26. The lowest BCUT2D eigenvalue weighted by atomic mass is 10.1. The average molecular weight is 325 g/mol. The minimum Gasteiger partial charge on any atom is -0.496 e. The number of Topliss-reactive ketones (excluding diaryl/α,β-unsaturated/α-hetero) is 1. The second-order valence-electron chi connectivity index (χ2n) is 4.98. The van der Waals surface area contributed by atoms with Crippen LogP contribution in [0.25, 0.3) is 0 Å². The number of pyridine rings is 1. The predicted molar refractivity (Wildman–Crippen MR) is 86.9 cm³/mol. The van der Waals surface area contributed by atoms with Gasteiger partial charge in [-0.05, 0) is 27.2 Å². The third-order valence-corrected chi connectivity index (χ3v) is 6.86. The van der Waals surface area contributed by atoms with Crippen LogP contribution in [0.15, 0.2) is 17.2 Å². The first kappa shape index (κ1) is 16.2. The van der Waals surface area contributed by atoms with E-state index in [0.717, 1.165) is 27.5 Å². The number of carbonyl (C=O) groups is 1. The fourth-order valence-corrected chi connectivity index (χ4v) is 5.11. The highest BCUT2D eigenvalue weighted by Crippen LogP contribution is 2.36. The van der Waals surface area contributed by atoms with Gasteiger partial charge in [0.2, 0.25) is 0 Å². The van der Waals surface area contributed by atoms with E-state index >= 15 is 0 Å². The second-order valence-corrected chi connectivity index (χ2v) is 8.14. The smallest absolute Gasteiger partial charge is 0.165 e. The number of hydrogen-bond donors (Lipinski definition) is 0. The topological polar surface area (TPSA) is 56.3 Å². The molecule has 1 aromatic rings. The number of allylic oxidation sites excluding steroid dienone is 2. The minimum atomic E-state index is -1.07. The van der Waals surface area contributed by atoms with Gasteiger partial charge in [0, 0.05) is 33.0 Å². The summed E-state index contributed by atoms with van der Waals surface area (Å²) in [4.78, 5) is 16.4. The number of carbonyl (C=O) groups excluding carboxylic acids is 1. The van der Waals surface area contributed by atoms with Crippen LogP contribution in [0.2, 0.25) is 0 Å². The Kier molecular flexibility index (Phi) is 5.22. The van der Waals surface area contributed by atoms with Gasteiger partial charge in [-0.1, -0.05) is 6.08 Å². The molecule has 114 valence electrons. The first-order chi connectivity index (χ1) is 9.93. The fraction of sp³-hybridized carbons (Fsp3) is 0.467. The third kappa shape index (κ3) is 3.55. The molecule has 0 spiro atoms. The number of ether oxygens (including phenoxy) is 1. The Hall–Kier alpha value is -1.14. The monoisotopic (exact) mass is 325 g/mol. The second kappa shape index (κ2) is 6.75. The molecule has 2 rings (SSSR count). The van der Waals surface area contributed by atoms with Crippen molar-refractivity contribution in [1.29, 1.82) is 0 Å². The van der Waals surface area contributed by atoms with Crippen LogP contribution in [0.5, 0.6) is 5.75 Å². The van der Waals surface area contributed by atoms with E-state index in [0.29, 0.717) is 12.2 Å². The molecule has 0 saturated heterocycles. The Balaban J connectivity index is 2.10. The van der Waals surface area contributed by atoms with Crippen LogP contribution in [0.3, 0.4) is 0 Å². The Morgan fingerprint density at radius 2 is 2.24 bits per heavy atom. The number of aryl methyl sites for hydroxylation is 1. The Morgan fingerprint density at radius 1 is 1.52 bits per heavy atom. The molecule has 2 atom stereocenters. The van der Waals surface area contributed by atoms with E-state index in [1.807, 2.05) is 19.9 Å². The maximum absolute atomic E-state index is 12.5. The molecule has 0 aromatic carbocycles. The number of aromatic nitrogens is 1. The molecule has 0 N–H and O–H groups in total. The Bertz CT molecular complexity index is 626. The zero-order valence-corrected chi connectivity index (χ0v) is 14.3. The summed E-state index contributed by atoms with van der Waals surface area (Å²) in [5.41, 5.74) is 2.71. The van der Waals surface area contributed by atoms with Gasteiger partial charge in [0.1, 0.15) is 5.75 Å². The van der Waals surface area contributed by atoms with E-state index in [-0.39, 0.29) is 10.4 Å². The molecule has 0 bridgehead atoms. The normalized spacial score (nSPS) is 19.2. The molecular weight excluding hydrogens is 306 g/mol. The summed E-state index contributed by atoms with van der Waals surface area (Å²) in [7, 11) is 0.561. The first-order valence-electron chi connectivity index (χ1n) is 6.68. The van der Waals surface area contributed by atoms with E-state index < -0.39 is 10.8 Å². The molecule has 4 nitrogen and oxygen atoms in total. The predicted octanol–water partition coefficient (Wildman–Crippen LogP) is 2.89. The summed E-state index contributed by atoms with van der Waals surface area (Å²) in [6, 6.07) is 0. The van der Waals surface area contributed by atoms with Gasteiger partial charge >= 0.3 is 0 Å². The van der Waals surface area contributed by atoms with Crippen LogP contribution in [-0.2, 0) is 21.3 Å². The fourth-order valence-electron chi connectivity index (χ4n) is 2.27. The summed E-state index contributed by atoms with van der Waals surface area (Å²) in [5, 5.41) is 0. The lowest BCUT2D eigenvalue weighted by molar-refractivity contribution is -0.112. The largest absolute Gasteiger partial charge is 0.496 e. The number of methoxy groups -OCH3 is 1. The number of nitrogens with zero attached hydrogens (tertiary/aromatic N) is 1. The van der Waals surface area contributed by atoms with E-state index in [1.165, 1.54) is 11.8 Å². The van der Waals surface area contributed by atoms with Crippen LogP contribution in [-0.4, -0.2) is 26.7 Å². The maximum atomic E-state index is 12.5. The Labute approximate surface area is 131 Å². The zero-order valence-electron chi connectivity index (χ0n) is 12.6. The van der Waals surface area contributed by atoms with Gasteiger partial charge in [0.25, 0.3) is 0 Å². The highest BCUT2D eigenvalue weighted by atomic mass is 32.2. The molecule has 1 aliphatic rings. The molecule has 2 unspecified atom stereocenters. The summed E-state index contributed by atoms with van der Waals surface area (Å²) < 4.78 is 17.8. The molecule has 0 radical (unpaired) electrons. The van der Waals surface area contributed by atoms with Gasteiger partial charge in [0.15, 0.2) is 5.78 Å².